The SMILES string of the molecule is COc1nccnc1OC1CCC(NC(=O)C2(c3ccccc3)CCOCC2)CC1. The minimum Gasteiger partial charge on any atom is -0.477 e. The van der Waals surface area contributed by atoms with Crippen molar-refractivity contribution in [1.29, 1.82) is 0 Å². The summed E-state index contributed by atoms with van der Waals surface area (Å²) >= 11 is 0. The quantitative estimate of drug-likeness (QED) is 0.787. The molecule has 30 heavy (non-hydrogen) atoms. The molecule has 1 aromatic heterocycles. The maximum Gasteiger partial charge on any atom is 0.278 e. The number of carbonyl (C=O) groups is 1. The molecule has 0 bridgehead atoms. The number of carbonyl (C=O) groups excluding carboxylic acids is 1. The number of nitrogens with one attached hydrogen (secondary N) is 1. The van der Waals surface area contributed by atoms with E-state index in [1.54, 1.807) is 19.5 Å². The summed E-state index contributed by atoms with van der Waals surface area (Å²) < 4.78 is 16.8. The number of benzene rings is 1. The molecule has 7 heteroatoms. The molecule has 0 spiro atoms. The fraction of sp³-hybridized carbons (Fsp3) is 0.522. The predicted octanol–water partition coefficient (Wildman–Crippen LogP) is 3.04. The zero-order valence-electron chi connectivity index (χ0n) is 17.4. The Bertz CT molecular complexity index is 831. The van der Waals surface area contributed by atoms with Crippen molar-refractivity contribution in [2.75, 3.05) is 20.3 Å². The average Bonchev–Trinajstić information content (AvgIpc) is 2.81. The van der Waals surface area contributed by atoms with E-state index in [4.69, 9.17) is 14.2 Å². The van der Waals surface area contributed by atoms with Gasteiger partial charge >= 0.3 is 0 Å². The van der Waals surface area contributed by atoms with Gasteiger partial charge in [-0.3, -0.25) is 4.79 Å². The van der Waals surface area contributed by atoms with Crippen molar-refractivity contribution in [3.05, 3.63) is 48.3 Å². The van der Waals surface area contributed by atoms with Crippen LogP contribution in [0.3, 0.4) is 0 Å². The molecule has 1 aromatic carbocycles. The van der Waals surface area contributed by atoms with E-state index in [2.05, 4.69) is 27.4 Å². The van der Waals surface area contributed by atoms with Gasteiger partial charge in [0.05, 0.1) is 12.5 Å². The second-order valence-corrected chi connectivity index (χ2v) is 8.00. The van der Waals surface area contributed by atoms with Crippen LogP contribution in [0.2, 0.25) is 0 Å². The first-order valence-electron chi connectivity index (χ1n) is 10.7. The van der Waals surface area contributed by atoms with E-state index in [0.29, 0.717) is 37.8 Å². The summed E-state index contributed by atoms with van der Waals surface area (Å²) in [5.74, 6) is 0.951. The van der Waals surface area contributed by atoms with Crippen LogP contribution < -0.4 is 14.8 Å². The van der Waals surface area contributed by atoms with Crippen LogP contribution in [0.4, 0.5) is 0 Å². The third kappa shape index (κ3) is 4.41. The highest BCUT2D eigenvalue weighted by Gasteiger charge is 2.42. The lowest BCUT2D eigenvalue weighted by Crippen LogP contribution is -2.52. The van der Waals surface area contributed by atoms with E-state index >= 15 is 0 Å². The van der Waals surface area contributed by atoms with Crippen LogP contribution in [-0.4, -0.2) is 48.3 Å². The van der Waals surface area contributed by atoms with Crippen LogP contribution in [0.15, 0.2) is 42.7 Å². The molecule has 7 nitrogen and oxygen atoms in total. The monoisotopic (exact) mass is 411 g/mol. The normalized spacial score (nSPS) is 23.4. The van der Waals surface area contributed by atoms with Gasteiger partial charge in [-0.15, -0.1) is 0 Å². The maximum atomic E-state index is 13.4. The zero-order valence-corrected chi connectivity index (χ0v) is 17.4. The lowest BCUT2D eigenvalue weighted by molar-refractivity contribution is -0.131. The molecular formula is C23H29N3O4. The van der Waals surface area contributed by atoms with E-state index in [-0.39, 0.29) is 18.1 Å². The summed E-state index contributed by atoms with van der Waals surface area (Å²) in [6.07, 6.45) is 8.12. The first-order chi connectivity index (χ1) is 14.7. The van der Waals surface area contributed by atoms with Crippen molar-refractivity contribution >= 4 is 5.91 Å². The predicted molar refractivity (Wildman–Crippen MR) is 112 cm³/mol. The van der Waals surface area contributed by atoms with E-state index < -0.39 is 5.41 Å². The van der Waals surface area contributed by atoms with Gasteiger partial charge in [0.25, 0.3) is 11.8 Å². The van der Waals surface area contributed by atoms with Gasteiger partial charge in [-0.1, -0.05) is 30.3 Å². The Hall–Kier alpha value is -2.67. The van der Waals surface area contributed by atoms with Gasteiger partial charge in [0, 0.05) is 31.6 Å². The first kappa shape index (κ1) is 20.6. The number of nitrogens with zero attached hydrogens (tertiary/aromatic N) is 2. The van der Waals surface area contributed by atoms with Crippen LogP contribution in [0, 0.1) is 0 Å². The smallest absolute Gasteiger partial charge is 0.278 e. The molecule has 1 N–H and O–H groups in total. The summed E-state index contributed by atoms with van der Waals surface area (Å²) in [6.45, 7) is 1.23. The second kappa shape index (κ2) is 9.43. The molecule has 2 aliphatic rings. The zero-order chi connectivity index (χ0) is 20.8. The van der Waals surface area contributed by atoms with Crippen molar-refractivity contribution in [1.82, 2.24) is 15.3 Å². The third-order valence-corrected chi connectivity index (χ3v) is 6.22. The molecule has 4 rings (SSSR count). The number of aromatic nitrogens is 2. The minimum atomic E-state index is -0.500. The van der Waals surface area contributed by atoms with Crippen molar-refractivity contribution in [3.8, 4) is 11.8 Å². The van der Waals surface area contributed by atoms with Gasteiger partial charge in [0.15, 0.2) is 0 Å². The number of ether oxygens (including phenoxy) is 3. The molecule has 1 aliphatic carbocycles. The molecule has 2 aromatic rings. The summed E-state index contributed by atoms with van der Waals surface area (Å²) in [6, 6.07) is 10.3. The molecule has 2 heterocycles. The molecule has 1 amide bonds. The third-order valence-electron chi connectivity index (χ3n) is 6.22. The van der Waals surface area contributed by atoms with Crippen LogP contribution in [0.5, 0.6) is 11.8 Å². The van der Waals surface area contributed by atoms with E-state index in [1.807, 2.05) is 18.2 Å². The lowest BCUT2D eigenvalue weighted by Gasteiger charge is -2.38. The maximum absolute atomic E-state index is 13.4. The van der Waals surface area contributed by atoms with Crippen molar-refractivity contribution in [2.24, 2.45) is 0 Å². The summed E-state index contributed by atoms with van der Waals surface area (Å²) in [5.41, 5.74) is 0.581. The number of amides is 1. The van der Waals surface area contributed by atoms with Crippen LogP contribution in [-0.2, 0) is 14.9 Å². The Balaban J connectivity index is 1.36. The Morgan fingerprint density at radius 2 is 1.70 bits per heavy atom. The van der Waals surface area contributed by atoms with Gasteiger partial charge < -0.3 is 19.5 Å². The van der Waals surface area contributed by atoms with Crippen molar-refractivity contribution in [3.63, 3.8) is 0 Å². The summed E-state index contributed by atoms with van der Waals surface area (Å²) in [5, 5.41) is 3.33. The highest BCUT2D eigenvalue weighted by molar-refractivity contribution is 5.88. The molecule has 0 atom stereocenters. The lowest BCUT2D eigenvalue weighted by atomic mass is 9.73. The highest BCUT2D eigenvalue weighted by atomic mass is 16.5. The fourth-order valence-corrected chi connectivity index (χ4v) is 4.46. The molecule has 0 radical (unpaired) electrons. The molecule has 0 unspecified atom stereocenters. The van der Waals surface area contributed by atoms with Crippen molar-refractivity contribution in [2.45, 2.75) is 56.1 Å². The van der Waals surface area contributed by atoms with Crippen LogP contribution in [0.1, 0.15) is 44.1 Å². The second-order valence-electron chi connectivity index (χ2n) is 8.00. The van der Waals surface area contributed by atoms with Gasteiger partial charge in [-0.2, -0.15) is 0 Å². The standard InChI is InChI=1S/C23H29N3O4/c1-28-20-21(25-14-13-24-20)30-19-9-7-18(8-10-19)26-22(27)23(11-15-29-16-12-23)17-5-3-2-4-6-17/h2-6,13-14,18-19H,7-12,15-16H2,1H3,(H,26,27). The Morgan fingerprint density at radius 1 is 1.03 bits per heavy atom. The Kier molecular flexibility index (Phi) is 6.47. The van der Waals surface area contributed by atoms with E-state index in [9.17, 15) is 4.79 Å². The largest absolute Gasteiger partial charge is 0.477 e. The van der Waals surface area contributed by atoms with E-state index in [1.165, 1.54) is 0 Å². The highest BCUT2D eigenvalue weighted by Crippen LogP contribution is 2.36. The minimum absolute atomic E-state index is 0.0508. The molecule has 1 saturated heterocycles. The van der Waals surface area contributed by atoms with Gasteiger partial charge in [-0.25, -0.2) is 9.97 Å². The molecule has 160 valence electrons. The molecular weight excluding hydrogens is 382 g/mol. The number of methoxy groups -OCH3 is 1. The number of hydrogen-bond donors (Lipinski definition) is 1. The molecule has 1 aliphatic heterocycles. The first-order valence-corrected chi connectivity index (χ1v) is 10.7. The fourth-order valence-electron chi connectivity index (χ4n) is 4.46. The number of rotatable bonds is 6. The summed E-state index contributed by atoms with van der Waals surface area (Å²) in [7, 11) is 1.56. The van der Waals surface area contributed by atoms with E-state index in [0.717, 1.165) is 31.2 Å². The van der Waals surface area contributed by atoms with Gasteiger partial charge in [0.1, 0.15) is 6.10 Å². The topological polar surface area (TPSA) is 82.6 Å². The van der Waals surface area contributed by atoms with Gasteiger partial charge in [-0.05, 0) is 44.1 Å². The van der Waals surface area contributed by atoms with Crippen LogP contribution >= 0.6 is 0 Å². The molecule has 2 fully saturated rings. The average molecular weight is 412 g/mol. The van der Waals surface area contributed by atoms with Crippen LogP contribution in [0.25, 0.3) is 0 Å². The number of hydrogen-bond acceptors (Lipinski definition) is 6. The summed E-state index contributed by atoms with van der Waals surface area (Å²) in [4.78, 5) is 21.8. The Morgan fingerprint density at radius 3 is 2.37 bits per heavy atom. The van der Waals surface area contributed by atoms with Crippen molar-refractivity contribution < 1.29 is 19.0 Å². The molecule has 1 saturated carbocycles. The Labute approximate surface area is 177 Å². The van der Waals surface area contributed by atoms with Gasteiger partial charge in [0.2, 0.25) is 5.91 Å².